The van der Waals surface area contributed by atoms with Gasteiger partial charge >= 0.3 is 8.56 Å². The normalized spacial score (nSPS) is 37.7. The van der Waals surface area contributed by atoms with E-state index in [0.29, 0.717) is 28.8 Å². The minimum atomic E-state index is -2.20. The van der Waals surface area contributed by atoms with E-state index in [1.165, 1.54) is 31.2 Å². The first-order chi connectivity index (χ1) is 11.5. The van der Waals surface area contributed by atoms with E-state index in [9.17, 15) is 0 Å². The van der Waals surface area contributed by atoms with Gasteiger partial charge in [-0.15, -0.1) is 0 Å². The lowest BCUT2D eigenvalue weighted by atomic mass is 9.47. The minimum absolute atomic E-state index is 0.0571. The van der Waals surface area contributed by atoms with Gasteiger partial charge in [-0.05, 0) is 41.3 Å². The van der Waals surface area contributed by atoms with E-state index in [-0.39, 0.29) is 5.60 Å². The average molecular weight is 345 g/mol. The molecule has 1 spiro atoms. The van der Waals surface area contributed by atoms with Crippen LogP contribution in [-0.2, 0) is 8.85 Å². The Labute approximate surface area is 148 Å². The van der Waals surface area contributed by atoms with Crippen LogP contribution in [0.25, 0.3) is 0 Å². The smallest absolute Gasteiger partial charge is 0.343 e. The number of hydrogen-bond donors (Lipinski definition) is 0. The summed E-state index contributed by atoms with van der Waals surface area (Å²) in [5, 5.41) is 0. The molecule has 2 aliphatic carbocycles. The van der Waals surface area contributed by atoms with Crippen LogP contribution in [0.15, 0.2) is 30.3 Å². The standard InChI is InChI=1S/C21H32O2Si/c1-15(2)24(16(3)4)22-14-18-19-12-8-9-13-21(19,23-24)20(18)17-10-6-5-7-11-17/h5-7,10-11,15-16,18-20H,8-9,12-14H2,1-4H3. The number of fused-ring (bicyclic) bond motifs is 3. The van der Waals surface area contributed by atoms with Crippen LogP contribution in [0.4, 0.5) is 0 Å². The number of hydrogen-bond acceptors (Lipinski definition) is 2. The second kappa shape index (κ2) is 5.96. The topological polar surface area (TPSA) is 18.5 Å². The first-order valence-electron chi connectivity index (χ1n) is 9.90. The van der Waals surface area contributed by atoms with Gasteiger partial charge in [-0.3, -0.25) is 0 Å². The van der Waals surface area contributed by atoms with Gasteiger partial charge in [0.2, 0.25) is 0 Å². The zero-order valence-corrected chi connectivity index (χ0v) is 16.6. The Morgan fingerprint density at radius 1 is 1.04 bits per heavy atom. The van der Waals surface area contributed by atoms with Gasteiger partial charge < -0.3 is 8.85 Å². The van der Waals surface area contributed by atoms with E-state index in [2.05, 4.69) is 58.0 Å². The molecule has 2 heterocycles. The molecule has 4 fully saturated rings. The van der Waals surface area contributed by atoms with Gasteiger partial charge in [0.05, 0.1) is 5.60 Å². The van der Waals surface area contributed by atoms with Gasteiger partial charge in [-0.2, -0.15) is 0 Å². The minimum Gasteiger partial charge on any atom is -0.394 e. The fourth-order valence-corrected chi connectivity index (χ4v) is 9.97. The summed E-state index contributed by atoms with van der Waals surface area (Å²) in [5.41, 5.74) is 2.54. The van der Waals surface area contributed by atoms with E-state index < -0.39 is 8.56 Å². The summed E-state index contributed by atoms with van der Waals surface area (Å²) >= 11 is 0. The maximum absolute atomic E-state index is 7.26. The zero-order chi connectivity index (χ0) is 16.9. The molecule has 2 saturated heterocycles. The van der Waals surface area contributed by atoms with Crippen molar-refractivity contribution in [2.45, 2.75) is 76.0 Å². The molecule has 2 nitrogen and oxygen atoms in total. The molecule has 2 aliphatic heterocycles. The molecule has 132 valence electrons. The second-order valence-electron chi connectivity index (χ2n) is 8.80. The quantitative estimate of drug-likeness (QED) is 0.661. The van der Waals surface area contributed by atoms with Crippen LogP contribution in [0.1, 0.15) is 64.9 Å². The molecule has 0 aromatic heterocycles. The molecule has 1 aromatic carbocycles. The highest BCUT2D eigenvalue weighted by Crippen LogP contribution is 2.66. The molecule has 3 heteroatoms. The lowest BCUT2D eigenvalue weighted by Gasteiger charge is -2.63. The molecule has 4 aliphatic rings. The molecule has 4 atom stereocenters. The molecule has 4 unspecified atom stereocenters. The van der Waals surface area contributed by atoms with Crippen molar-refractivity contribution in [2.75, 3.05) is 6.61 Å². The molecule has 2 saturated carbocycles. The predicted molar refractivity (Wildman–Crippen MR) is 100 cm³/mol. The highest BCUT2D eigenvalue weighted by molar-refractivity contribution is 6.70. The Hall–Kier alpha value is -0.643. The van der Waals surface area contributed by atoms with E-state index in [1.807, 2.05) is 0 Å². The van der Waals surface area contributed by atoms with E-state index >= 15 is 0 Å². The molecule has 0 N–H and O–H groups in total. The van der Waals surface area contributed by atoms with Crippen molar-refractivity contribution in [3.05, 3.63) is 35.9 Å². The predicted octanol–water partition coefficient (Wildman–Crippen LogP) is 5.64. The van der Waals surface area contributed by atoms with Gasteiger partial charge in [0, 0.05) is 12.5 Å². The van der Waals surface area contributed by atoms with Gasteiger partial charge in [-0.25, -0.2) is 0 Å². The lowest BCUT2D eigenvalue weighted by Crippen LogP contribution is -2.65. The Morgan fingerprint density at radius 2 is 1.75 bits per heavy atom. The third-order valence-corrected chi connectivity index (χ3v) is 11.6. The third-order valence-electron chi connectivity index (χ3n) is 7.05. The third kappa shape index (κ3) is 2.20. The Bertz CT molecular complexity index is 577. The summed E-state index contributed by atoms with van der Waals surface area (Å²) in [6.45, 7) is 10.2. The first kappa shape index (κ1) is 16.8. The van der Waals surface area contributed by atoms with E-state index in [0.717, 1.165) is 6.61 Å². The average Bonchev–Trinajstić information content (AvgIpc) is 2.81. The van der Waals surface area contributed by atoms with Crippen molar-refractivity contribution in [1.29, 1.82) is 0 Å². The monoisotopic (exact) mass is 344 g/mol. The molecular weight excluding hydrogens is 312 g/mol. The molecule has 24 heavy (non-hydrogen) atoms. The molecule has 0 radical (unpaired) electrons. The van der Waals surface area contributed by atoms with Crippen LogP contribution >= 0.6 is 0 Å². The molecule has 1 aromatic rings. The molecule has 2 bridgehead atoms. The number of benzene rings is 1. The summed E-state index contributed by atoms with van der Waals surface area (Å²) in [4.78, 5) is 0. The molecule has 5 rings (SSSR count). The van der Waals surface area contributed by atoms with Crippen LogP contribution in [0.2, 0.25) is 11.1 Å². The van der Waals surface area contributed by atoms with Gasteiger partial charge in [0.25, 0.3) is 0 Å². The Balaban J connectivity index is 1.78. The summed E-state index contributed by atoms with van der Waals surface area (Å²) in [5.74, 6) is 1.90. The van der Waals surface area contributed by atoms with Crippen molar-refractivity contribution in [3.8, 4) is 0 Å². The van der Waals surface area contributed by atoms with Crippen molar-refractivity contribution >= 4 is 8.56 Å². The Kier molecular flexibility index (Phi) is 4.17. The SMILES string of the molecule is CC(C)[Si]1(C(C)C)OCC2C3CCCCC3(O1)C2c1ccccc1. The van der Waals surface area contributed by atoms with Crippen molar-refractivity contribution in [2.24, 2.45) is 11.8 Å². The van der Waals surface area contributed by atoms with Crippen LogP contribution in [0, 0.1) is 11.8 Å². The fourth-order valence-electron chi connectivity index (χ4n) is 6.01. The highest BCUT2D eigenvalue weighted by Gasteiger charge is 2.69. The lowest BCUT2D eigenvalue weighted by molar-refractivity contribution is -0.161. The molecular formula is C21H32O2Si. The summed E-state index contributed by atoms with van der Waals surface area (Å²) in [6.07, 6.45) is 5.24. The van der Waals surface area contributed by atoms with Crippen LogP contribution < -0.4 is 0 Å². The second-order valence-corrected chi connectivity index (χ2v) is 13.0. The molecule has 0 amide bonds. The maximum Gasteiger partial charge on any atom is 0.343 e. The van der Waals surface area contributed by atoms with E-state index in [1.54, 1.807) is 0 Å². The first-order valence-corrected chi connectivity index (χ1v) is 11.9. The van der Waals surface area contributed by atoms with Crippen molar-refractivity contribution < 1.29 is 8.85 Å². The zero-order valence-electron chi connectivity index (χ0n) is 15.6. The van der Waals surface area contributed by atoms with Crippen LogP contribution in [-0.4, -0.2) is 20.8 Å². The van der Waals surface area contributed by atoms with Gasteiger partial charge in [0.1, 0.15) is 0 Å². The van der Waals surface area contributed by atoms with Crippen molar-refractivity contribution in [3.63, 3.8) is 0 Å². The summed E-state index contributed by atoms with van der Waals surface area (Å²) in [6, 6.07) is 11.1. The van der Waals surface area contributed by atoms with Crippen molar-refractivity contribution in [1.82, 2.24) is 0 Å². The summed E-state index contributed by atoms with van der Waals surface area (Å²) in [7, 11) is -2.20. The van der Waals surface area contributed by atoms with Crippen LogP contribution in [0.5, 0.6) is 0 Å². The van der Waals surface area contributed by atoms with E-state index in [4.69, 9.17) is 8.85 Å². The summed E-state index contributed by atoms with van der Waals surface area (Å²) < 4.78 is 14.0. The Morgan fingerprint density at radius 3 is 2.42 bits per heavy atom. The largest absolute Gasteiger partial charge is 0.394 e. The number of rotatable bonds is 3. The maximum atomic E-state index is 7.26. The van der Waals surface area contributed by atoms with Crippen LogP contribution in [0.3, 0.4) is 0 Å². The van der Waals surface area contributed by atoms with Gasteiger partial charge in [0.15, 0.2) is 0 Å². The fraction of sp³-hybridized carbons (Fsp3) is 0.714. The van der Waals surface area contributed by atoms with Gasteiger partial charge in [-0.1, -0.05) is 70.9 Å². The highest BCUT2D eigenvalue weighted by atomic mass is 28.4.